The Balaban J connectivity index is 0. The van der Waals surface area contributed by atoms with Crippen LogP contribution in [0.25, 0.3) is 0 Å². The average molecular weight is 341 g/mol. The van der Waals surface area contributed by atoms with Crippen molar-refractivity contribution in [2.45, 2.75) is 18.1 Å². The molecule has 98 valence electrons. The summed E-state index contributed by atoms with van der Waals surface area (Å²) >= 11 is -1.48. The van der Waals surface area contributed by atoms with E-state index in [1.165, 1.54) is 4.73 Å². The van der Waals surface area contributed by atoms with E-state index in [0.717, 1.165) is 12.2 Å². The minimum atomic E-state index is -1.48. The summed E-state index contributed by atoms with van der Waals surface area (Å²) in [5.74, 6) is 1.03. The molecule has 0 N–H and O–H groups in total. The van der Waals surface area contributed by atoms with Crippen molar-refractivity contribution in [3.8, 4) is 5.75 Å². The molecule has 0 aliphatic heterocycles. The first-order valence-electron chi connectivity index (χ1n) is 5.35. The Kier molecular flexibility index (Phi) is 12.4. The van der Waals surface area contributed by atoms with Gasteiger partial charge in [-0.05, 0) is 0 Å². The van der Waals surface area contributed by atoms with E-state index < -0.39 is 18.3 Å². The quantitative estimate of drug-likeness (QED) is 0.498. The summed E-state index contributed by atoms with van der Waals surface area (Å²) in [5, 5.41) is 0. The maximum atomic E-state index is 6.11. The zero-order valence-electron chi connectivity index (χ0n) is 10.1. The molecule has 1 nitrogen and oxygen atoms in total. The molecule has 0 bridgehead atoms. The molecule has 18 heavy (non-hydrogen) atoms. The van der Waals surface area contributed by atoms with Crippen molar-refractivity contribution < 1.29 is 58.8 Å². The predicted molar refractivity (Wildman–Crippen MR) is 59.4 cm³/mol. The standard InChI is InChI=1S/C6H6O.C5H5.C2H5.3ClH.Ti/c7-6-4-2-1-3-5-6;1-2-4-5-3-1;1-2;;;;/h1-5,7H;1-3H,4H2;1H2,2H3;3*1H;/q;;;;;;+4/p-4. The van der Waals surface area contributed by atoms with Crippen LogP contribution in [-0.2, 0) is 18.3 Å². The maximum absolute atomic E-state index is 6.11. The minimum absolute atomic E-state index is 0. The molecule has 0 heterocycles. The van der Waals surface area contributed by atoms with Crippen molar-refractivity contribution in [1.82, 2.24) is 0 Å². The number of benzene rings is 1. The van der Waals surface area contributed by atoms with Gasteiger partial charge in [0.2, 0.25) is 0 Å². The van der Waals surface area contributed by atoms with Gasteiger partial charge in [-0.25, -0.2) is 0 Å². The fourth-order valence-electron chi connectivity index (χ4n) is 1.65. The van der Waals surface area contributed by atoms with Crippen molar-refractivity contribution >= 4 is 0 Å². The van der Waals surface area contributed by atoms with E-state index in [-0.39, 0.29) is 37.2 Å². The summed E-state index contributed by atoms with van der Waals surface area (Å²) in [6, 6.07) is 10.2. The number of rotatable bonds is 4. The fraction of sp³-hybridized carbons (Fsp3) is 0.231. The molecule has 5 heteroatoms. The van der Waals surface area contributed by atoms with Gasteiger partial charge in [0, 0.05) is 0 Å². The number of hydrogen-bond donors (Lipinski definition) is 0. The molecule has 0 aromatic heterocycles. The van der Waals surface area contributed by atoms with Gasteiger partial charge < -0.3 is 37.2 Å². The summed E-state index contributed by atoms with van der Waals surface area (Å²) in [7, 11) is 0. The second kappa shape index (κ2) is 11.0. The molecule has 0 fully saturated rings. The topological polar surface area (TPSA) is 9.23 Å². The Morgan fingerprint density at radius 1 is 1.11 bits per heavy atom. The molecule has 0 amide bonds. The van der Waals surface area contributed by atoms with Crippen LogP contribution in [0, 0.1) is 0 Å². The van der Waals surface area contributed by atoms with Gasteiger partial charge in [0.1, 0.15) is 0 Å². The zero-order valence-corrected chi connectivity index (χ0v) is 13.9. The molecule has 0 atom stereocenters. The van der Waals surface area contributed by atoms with Crippen LogP contribution in [0.3, 0.4) is 0 Å². The molecule has 0 saturated heterocycles. The Morgan fingerprint density at radius 2 is 1.78 bits per heavy atom. The smallest absolute Gasteiger partial charge is 1.00 e. The maximum Gasteiger partial charge on any atom is -1.00 e. The van der Waals surface area contributed by atoms with Crippen LogP contribution in [-0.4, -0.2) is 0 Å². The second-order valence-corrected chi connectivity index (χ2v) is 7.26. The van der Waals surface area contributed by atoms with E-state index >= 15 is 0 Å². The Hall–Kier alpha value is 0.0843. The van der Waals surface area contributed by atoms with Crippen LogP contribution in [0.1, 0.15) is 13.3 Å². The molecule has 0 spiro atoms. The molecule has 1 aliphatic carbocycles. The number of halogens is 3. The number of allylic oxidation sites excluding steroid dienone is 4. The SMILES string of the molecule is C[CH2][Ti+3]([O]c1ccccc1)[C]1=CC=CC1.[Cl-].[Cl-].[Cl-]. The summed E-state index contributed by atoms with van der Waals surface area (Å²) < 4.78 is 8.83. The largest absolute Gasteiger partial charge is 1.00 e. The van der Waals surface area contributed by atoms with Crippen LogP contribution in [0.5, 0.6) is 5.75 Å². The second-order valence-electron chi connectivity index (χ2n) is 3.52. The first-order chi connectivity index (χ1) is 7.40. The first kappa shape index (κ1) is 20.4. The van der Waals surface area contributed by atoms with Gasteiger partial charge >= 0.3 is 97.8 Å². The summed E-state index contributed by atoms with van der Waals surface area (Å²) in [6.45, 7) is 2.23. The number of para-hydroxylation sites is 1. The molecule has 0 unspecified atom stereocenters. The first-order valence-corrected chi connectivity index (χ1v) is 7.87. The molecule has 0 saturated carbocycles. The van der Waals surface area contributed by atoms with Gasteiger partial charge in [0.05, 0.1) is 0 Å². The van der Waals surface area contributed by atoms with Crippen molar-refractivity contribution in [2.75, 3.05) is 0 Å². The van der Waals surface area contributed by atoms with Gasteiger partial charge in [-0.3, -0.25) is 0 Å². The third-order valence-electron chi connectivity index (χ3n) is 2.43. The van der Waals surface area contributed by atoms with Gasteiger partial charge in [0.25, 0.3) is 0 Å². The molecule has 2 rings (SSSR count). The van der Waals surface area contributed by atoms with Crippen LogP contribution in [0.4, 0.5) is 0 Å². The molecular weight excluding hydrogens is 326 g/mol. The number of hydrogen-bond acceptors (Lipinski definition) is 1. The van der Waals surface area contributed by atoms with Gasteiger partial charge in [0.15, 0.2) is 0 Å². The van der Waals surface area contributed by atoms with Crippen molar-refractivity contribution in [1.29, 1.82) is 0 Å². The zero-order chi connectivity index (χ0) is 10.5. The summed E-state index contributed by atoms with van der Waals surface area (Å²) in [6.07, 6.45) is 7.70. The Bertz CT molecular complexity index is 379. The van der Waals surface area contributed by atoms with Gasteiger partial charge in [-0.2, -0.15) is 0 Å². The van der Waals surface area contributed by atoms with E-state index in [9.17, 15) is 0 Å². The normalized spacial score (nSPS) is 11.0. The van der Waals surface area contributed by atoms with Crippen LogP contribution < -0.4 is 40.5 Å². The van der Waals surface area contributed by atoms with Crippen LogP contribution >= 0.6 is 0 Å². The monoisotopic (exact) mass is 340 g/mol. The predicted octanol–water partition coefficient (Wildman–Crippen LogP) is -5.11. The van der Waals surface area contributed by atoms with Crippen molar-refractivity contribution in [3.05, 3.63) is 52.4 Å². The van der Waals surface area contributed by atoms with E-state index in [1.807, 2.05) is 30.3 Å². The van der Waals surface area contributed by atoms with Crippen molar-refractivity contribution in [3.63, 3.8) is 0 Å². The van der Waals surface area contributed by atoms with E-state index in [4.69, 9.17) is 3.32 Å². The molecule has 1 aliphatic rings. The van der Waals surface area contributed by atoms with E-state index in [0.29, 0.717) is 0 Å². The third-order valence-corrected chi connectivity index (χ3v) is 5.89. The molecule has 1 aromatic carbocycles. The van der Waals surface area contributed by atoms with Crippen molar-refractivity contribution in [2.24, 2.45) is 0 Å². The molecular formula is C13H15Cl3OTi. The van der Waals surface area contributed by atoms with Crippen LogP contribution in [0.15, 0.2) is 52.4 Å². The van der Waals surface area contributed by atoms with E-state index in [2.05, 4.69) is 25.2 Å². The third kappa shape index (κ3) is 5.82. The van der Waals surface area contributed by atoms with E-state index in [1.54, 1.807) is 3.88 Å². The summed E-state index contributed by atoms with van der Waals surface area (Å²) in [4.78, 5) is 0. The molecule has 1 aromatic rings. The Morgan fingerprint density at radius 3 is 2.28 bits per heavy atom. The summed E-state index contributed by atoms with van der Waals surface area (Å²) in [5.41, 5.74) is 0. The average Bonchev–Trinajstić information content (AvgIpc) is 2.81. The van der Waals surface area contributed by atoms with Gasteiger partial charge in [-0.1, -0.05) is 0 Å². The molecule has 0 radical (unpaired) electrons. The Labute approximate surface area is 134 Å². The fourth-order valence-corrected chi connectivity index (χ4v) is 4.43. The van der Waals surface area contributed by atoms with Gasteiger partial charge in [-0.15, -0.1) is 0 Å². The van der Waals surface area contributed by atoms with Crippen LogP contribution in [0.2, 0.25) is 4.73 Å². The minimum Gasteiger partial charge on any atom is -1.00 e.